The van der Waals surface area contributed by atoms with Gasteiger partial charge in [-0.15, -0.1) is 0 Å². The van der Waals surface area contributed by atoms with Gasteiger partial charge in [0, 0.05) is 29.8 Å². The van der Waals surface area contributed by atoms with E-state index in [2.05, 4.69) is 5.32 Å². The zero-order chi connectivity index (χ0) is 20.0. The summed E-state index contributed by atoms with van der Waals surface area (Å²) in [5, 5.41) is 2.74. The maximum atomic E-state index is 13.7. The van der Waals surface area contributed by atoms with Gasteiger partial charge in [0.25, 0.3) is 0 Å². The average molecular weight is 390 g/mol. The third-order valence-electron chi connectivity index (χ3n) is 3.54. The molecule has 0 saturated heterocycles. The normalized spacial score (nSPS) is 11.9. The number of hydrogen-bond donors (Lipinski definition) is 1. The van der Waals surface area contributed by atoms with E-state index in [0.29, 0.717) is 11.3 Å². The van der Waals surface area contributed by atoms with E-state index in [1.54, 1.807) is 12.1 Å². The number of Topliss-reactive ketones (excluding diaryl/α,β-unsaturated/α-hetero) is 1. The van der Waals surface area contributed by atoms with E-state index < -0.39 is 23.7 Å². The molecule has 0 fully saturated rings. The highest BCUT2D eigenvalue weighted by molar-refractivity contribution is 6.32. The molecule has 0 heterocycles. The second-order valence-corrected chi connectivity index (χ2v) is 6.08. The van der Waals surface area contributed by atoms with Crippen molar-refractivity contribution >= 4 is 41.0 Å². The van der Waals surface area contributed by atoms with Crippen molar-refractivity contribution in [3.63, 3.8) is 0 Å². The Morgan fingerprint density at radius 3 is 2.41 bits per heavy atom. The smallest absolute Gasteiger partial charge is 0.331 e. The summed E-state index contributed by atoms with van der Waals surface area (Å²) in [4.78, 5) is 35.2. The predicted molar refractivity (Wildman–Crippen MR) is 101 cm³/mol. The van der Waals surface area contributed by atoms with Gasteiger partial charge in [0.15, 0.2) is 6.10 Å². The highest BCUT2D eigenvalue weighted by atomic mass is 35.5. The van der Waals surface area contributed by atoms with Crippen LogP contribution in [-0.4, -0.2) is 23.8 Å². The van der Waals surface area contributed by atoms with Crippen LogP contribution >= 0.6 is 11.6 Å². The lowest BCUT2D eigenvalue weighted by atomic mass is 10.1. The van der Waals surface area contributed by atoms with Crippen molar-refractivity contribution in [2.24, 2.45) is 0 Å². The Kier molecular flexibility index (Phi) is 6.85. The van der Waals surface area contributed by atoms with Crippen LogP contribution in [0.1, 0.15) is 29.8 Å². The first-order valence-corrected chi connectivity index (χ1v) is 8.40. The standard InChI is InChI=1S/C20H17ClFNO4/c1-12(20(26)14-6-8-15(9-7-14)23-13(2)24)27-19(25)11-10-16-17(21)4-3-5-18(16)22/h3-12H,1-2H3,(H,23,24)/b11-10+/t12-/m1/s1. The van der Waals surface area contributed by atoms with Gasteiger partial charge in [-0.3, -0.25) is 9.59 Å². The molecule has 0 radical (unpaired) electrons. The fourth-order valence-corrected chi connectivity index (χ4v) is 2.47. The summed E-state index contributed by atoms with van der Waals surface area (Å²) in [6, 6.07) is 10.3. The minimum Gasteiger partial charge on any atom is -0.451 e. The summed E-state index contributed by atoms with van der Waals surface area (Å²) in [7, 11) is 0. The van der Waals surface area contributed by atoms with Crippen molar-refractivity contribution in [3.05, 3.63) is 70.5 Å². The molecule has 0 aliphatic rings. The number of carbonyl (C=O) groups is 3. The molecule has 0 aliphatic heterocycles. The van der Waals surface area contributed by atoms with E-state index in [1.165, 1.54) is 50.3 Å². The molecular weight excluding hydrogens is 373 g/mol. The summed E-state index contributed by atoms with van der Waals surface area (Å²) in [5.41, 5.74) is 0.933. The van der Waals surface area contributed by atoms with Gasteiger partial charge in [0.05, 0.1) is 5.02 Å². The number of esters is 1. The molecular formula is C20H17ClFNO4. The lowest BCUT2D eigenvalue weighted by Gasteiger charge is -2.11. The van der Waals surface area contributed by atoms with Crippen LogP contribution in [-0.2, 0) is 14.3 Å². The van der Waals surface area contributed by atoms with Crippen LogP contribution < -0.4 is 5.32 Å². The van der Waals surface area contributed by atoms with Crippen LogP contribution in [0.15, 0.2) is 48.5 Å². The molecule has 5 nitrogen and oxygen atoms in total. The molecule has 2 aromatic rings. The van der Waals surface area contributed by atoms with E-state index in [4.69, 9.17) is 16.3 Å². The molecule has 1 N–H and O–H groups in total. The van der Waals surface area contributed by atoms with E-state index in [0.717, 1.165) is 6.08 Å². The van der Waals surface area contributed by atoms with Crippen molar-refractivity contribution in [2.45, 2.75) is 20.0 Å². The van der Waals surface area contributed by atoms with Gasteiger partial charge < -0.3 is 10.1 Å². The van der Waals surface area contributed by atoms with Crippen LogP contribution in [0.3, 0.4) is 0 Å². The highest BCUT2D eigenvalue weighted by Crippen LogP contribution is 2.20. The van der Waals surface area contributed by atoms with Crippen LogP contribution in [0, 0.1) is 5.82 Å². The molecule has 0 aliphatic carbocycles. The summed E-state index contributed by atoms with van der Waals surface area (Å²) in [5.74, 6) is -2.01. The number of hydrogen-bond acceptors (Lipinski definition) is 4. The maximum Gasteiger partial charge on any atom is 0.331 e. The molecule has 0 bridgehead atoms. The molecule has 0 aromatic heterocycles. The van der Waals surface area contributed by atoms with Crippen molar-refractivity contribution in [1.82, 2.24) is 0 Å². The third-order valence-corrected chi connectivity index (χ3v) is 3.87. The van der Waals surface area contributed by atoms with Gasteiger partial charge in [-0.1, -0.05) is 17.7 Å². The number of rotatable bonds is 6. The Bertz CT molecular complexity index is 873. The Balaban J connectivity index is 2.00. The number of anilines is 1. The van der Waals surface area contributed by atoms with Crippen molar-refractivity contribution in [3.8, 4) is 0 Å². The first-order valence-electron chi connectivity index (χ1n) is 8.02. The topological polar surface area (TPSA) is 72.5 Å². The van der Waals surface area contributed by atoms with E-state index in [1.807, 2.05) is 0 Å². The minimum atomic E-state index is -1.04. The van der Waals surface area contributed by atoms with E-state index in [-0.39, 0.29) is 16.5 Å². The molecule has 27 heavy (non-hydrogen) atoms. The SMILES string of the molecule is CC(=O)Nc1ccc(C(=O)[C@@H](C)OC(=O)/C=C/c2c(F)cccc2Cl)cc1. The van der Waals surface area contributed by atoms with Gasteiger partial charge in [0.2, 0.25) is 11.7 Å². The molecule has 0 unspecified atom stereocenters. The molecule has 7 heteroatoms. The largest absolute Gasteiger partial charge is 0.451 e. The average Bonchev–Trinajstić information content (AvgIpc) is 2.60. The quantitative estimate of drug-likeness (QED) is 0.455. The van der Waals surface area contributed by atoms with Crippen molar-refractivity contribution in [2.75, 3.05) is 5.32 Å². The lowest BCUT2D eigenvalue weighted by Crippen LogP contribution is -2.23. The molecule has 1 amide bonds. The van der Waals surface area contributed by atoms with Crippen molar-refractivity contribution < 1.29 is 23.5 Å². The van der Waals surface area contributed by atoms with Gasteiger partial charge in [-0.05, 0) is 49.4 Å². The molecule has 2 rings (SSSR count). The Morgan fingerprint density at radius 1 is 1.15 bits per heavy atom. The Hall–Kier alpha value is -2.99. The summed E-state index contributed by atoms with van der Waals surface area (Å²) >= 11 is 5.87. The van der Waals surface area contributed by atoms with Crippen LogP contribution in [0.2, 0.25) is 5.02 Å². The third kappa shape index (κ3) is 5.76. The molecule has 1 atom stereocenters. The Labute approximate surface area is 160 Å². The number of ketones is 1. The number of amides is 1. The van der Waals surface area contributed by atoms with E-state index >= 15 is 0 Å². The number of halogens is 2. The first-order chi connectivity index (χ1) is 12.8. The molecule has 0 saturated carbocycles. The fraction of sp³-hybridized carbons (Fsp3) is 0.150. The monoisotopic (exact) mass is 389 g/mol. The van der Waals surface area contributed by atoms with Crippen LogP contribution in [0.25, 0.3) is 6.08 Å². The second-order valence-electron chi connectivity index (χ2n) is 5.67. The maximum absolute atomic E-state index is 13.7. The van der Waals surface area contributed by atoms with E-state index in [9.17, 15) is 18.8 Å². The molecule has 140 valence electrons. The van der Waals surface area contributed by atoms with Gasteiger partial charge in [-0.2, -0.15) is 0 Å². The molecule has 2 aromatic carbocycles. The van der Waals surface area contributed by atoms with Crippen molar-refractivity contribution in [1.29, 1.82) is 0 Å². The Morgan fingerprint density at radius 2 is 1.81 bits per heavy atom. The van der Waals surface area contributed by atoms with Gasteiger partial charge >= 0.3 is 5.97 Å². The van der Waals surface area contributed by atoms with Gasteiger partial charge in [0.1, 0.15) is 5.82 Å². The second kappa shape index (κ2) is 9.09. The number of nitrogens with one attached hydrogen (secondary N) is 1. The van der Waals surface area contributed by atoms with Crippen LogP contribution in [0.5, 0.6) is 0 Å². The predicted octanol–water partition coefficient (Wildman–Crippen LogP) is 4.27. The zero-order valence-corrected chi connectivity index (χ0v) is 15.4. The minimum absolute atomic E-state index is 0.0589. The number of ether oxygens (including phenoxy) is 1. The zero-order valence-electron chi connectivity index (χ0n) is 14.7. The van der Waals surface area contributed by atoms with Crippen LogP contribution in [0.4, 0.5) is 10.1 Å². The molecule has 0 spiro atoms. The lowest BCUT2D eigenvalue weighted by molar-refractivity contribution is -0.140. The fourth-order valence-electron chi connectivity index (χ4n) is 2.24. The highest BCUT2D eigenvalue weighted by Gasteiger charge is 2.18. The summed E-state index contributed by atoms with van der Waals surface area (Å²) in [6.45, 7) is 2.81. The number of carbonyl (C=O) groups excluding carboxylic acids is 3. The first kappa shape index (κ1) is 20.3. The van der Waals surface area contributed by atoms with Gasteiger partial charge in [-0.25, -0.2) is 9.18 Å². The summed E-state index contributed by atoms with van der Waals surface area (Å²) in [6.07, 6.45) is 1.16. The summed E-state index contributed by atoms with van der Waals surface area (Å²) < 4.78 is 18.7. The number of benzene rings is 2.